The van der Waals surface area contributed by atoms with Gasteiger partial charge in [-0.2, -0.15) is 4.37 Å². The average Bonchev–Trinajstić information content (AvgIpc) is 3.34. The van der Waals surface area contributed by atoms with E-state index < -0.39 is 5.97 Å². The molecule has 0 saturated carbocycles. The van der Waals surface area contributed by atoms with Crippen LogP contribution in [-0.4, -0.2) is 51.1 Å². The van der Waals surface area contributed by atoms with Crippen LogP contribution < -0.4 is 4.74 Å². The molecule has 2 aromatic carbocycles. The molecule has 3 aromatic rings. The average molecular weight is 514 g/mol. The van der Waals surface area contributed by atoms with E-state index in [0.29, 0.717) is 23.2 Å². The van der Waals surface area contributed by atoms with Crippen molar-refractivity contribution in [2.24, 2.45) is 0 Å². The molecule has 0 bridgehead atoms. The summed E-state index contributed by atoms with van der Waals surface area (Å²) in [6, 6.07) is 12.2. The van der Waals surface area contributed by atoms with Gasteiger partial charge >= 0.3 is 5.97 Å². The minimum absolute atomic E-state index is 0.0585. The van der Waals surface area contributed by atoms with Gasteiger partial charge < -0.3 is 14.7 Å². The van der Waals surface area contributed by atoms with Crippen LogP contribution in [0.1, 0.15) is 57.1 Å². The summed E-state index contributed by atoms with van der Waals surface area (Å²) in [5.41, 5.74) is 4.70. The number of benzene rings is 2. The highest BCUT2D eigenvalue weighted by molar-refractivity contribution is 7.09. The number of rotatable bonds is 9. The Bertz CT molecular complexity index is 1170. The summed E-state index contributed by atoms with van der Waals surface area (Å²) < 4.78 is 10.5. The van der Waals surface area contributed by atoms with Crippen molar-refractivity contribution in [2.75, 3.05) is 19.6 Å². The second kappa shape index (κ2) is 11.5. The number of piperidine rings is 1. The number of halogens is 1. The Morgan fingerprint density at radius 2 is 2.03 bits per heavy atom. The van der Waals surface area contributed by atoms with Crippen LogP contribution >= 0.6 is 23.1 Å². The van der Waals surface area contributed by atoms with Crippen LogP contribution in [0.2, 0.25) is 5.02 Å². The standard InChI is InChI=1S/C27H32ClN3O3S/c1-4-20-21(18-10-13-31(14-11-18)15-12-25(32)33)6-5-7-22(20)26-29-27(35-30-26)19-8-9-24(23(28)16-19)34-17(2)3/h5-9,16-18H,4,10-15H2,1-3H3,(H,32,33). The zero-order chi connectivity index (χ0) is 24.9. The van der Waals surface area contributed by atoms with Crippen molar-refractivity contribution >= 4 is 29.1 Å². The van der Waals surface area contributed by atoms with E-state index in [0.717, 1.165) is 54.3 Å². The van der Waals surface area contributed by atoms with Gasteiger partial charge in [0.1, 0.15) is 10.8 Å². The minimum Gasteiger partial charge on any atom is -0.489 e. The van der Waals surface area contributed by atoms with Crippen molar-refractivity contribution in [3.05, 3.63) is 52.5 Å². The molecule has 1 N–H and O–H groups in total. The van der Waals surface area contributed by atoms with Gasteiger partial charge in [0.15, 0.2) is 5.82 Å². The van der Waals surface area contributed by atoms with Gasteiger partial charge in [0.2, 0.25) is 0 Å². The highest BCUT2D eigenvalue weighted by atomic mass is 35.5. The van der Waals surface area contributed by atoms with E-state index in [2.05, 4.69) is 30.0 Å². The molecule has 0 amide bonds. The molecular formula is C27H32ClN3O3S. The van der Waals surface area contributed by atoms with Gasteiger partial charge in [-0.1, -0.05) is 36.7 Å². The molecule has 0 spiro atoms. The van der Waals surface area contributed by atoms with Gasteiger partial charge in [-0.25, -0.2) is 4.98 Å². The van der Waals surface area contributed by atoms with Gasteiger partial charge in [0.05, 0.1) is 17.5 Å². The molecule has 1 aromatic heterocycles. The Kier molecular flexibility index (Phi) is 8.42. The summed E-state index contributed by atoms with van der Waals surface area (Å²) in [4.78, 5) is 18.0. The molecule has 8 heteroatoms. The Morgan fingerprint density at radius 3 is 2.69 bits per heavy atom. The van der Waals surface area contributed by atoms with Crippen molar-refractivity contribution in [3.63, 3.8) is 0 Å². The van der Waals surface area contributed by atoms with Gasteiger partial charge in [-0.15, -0.1) is 0 Å². The highest BCUT2D eigenvalue weighted by Gasteiger charge is 2.24. The second-order valence-corrected chi connectivity index (χ2v) is 10.4. The number of likely N-dealkylation sites (tertiary alicyclic amines) is 1. The summed E-state index contributed by atoms with van der Waals surface area (Å²) in [5.74, 6) is 1.16. The van der Waals surface area contributed by atoms with E-state index in [1.165, 1.54) is 22.7 Å². The zero-order valence-corrected chi connectivity index (χ0v) is 22.0. The fourth-order valence-electron chi connectivity index (χ4n) is 4.75. The number of hydrogen-bond acceptors (Lipinski definition) is 6. The van der Waals surface area contributed by atoms with Crippen molar-refractivity contribution in [2.45, 2.75) is 58.5 Å². The molecule has 1 aliphatic rings. The van der Waals surface area contributed by atoms with Crippen LogP contribution in [0.4, 0.5) is 0 Å². The summed E-state index contributed by atoms with van der Waals surface area (Å²) in [5, 5.41) is 10.4. The molecule has 0 unspecified atom stereocenters. The Balaban J connectivity index is 1.54. The lowest BCUT2D eigenvalue weighted by Crippen LogP contribution is -2.34. The summed E-state index contributed by atoms with van der Waals surface area (Å²) in [6.07, 6.45) is 3.25. The van der Waals surface area contributed by atoms with Gasteiger partial charge in [0, 0.05) is 17.7 Å². The maximum Gasteiger partial charge on any atom is 0.304 e. The number of ether oxygens (including phenoxy) is 1. The van der Waals surface area contributed by atoms with Gasteiger partial charge in [-0.05, 0) is 93.0 Å². The Hall–Kier alpha value is -2.48. The monoisotopic (exact) mass is 513 g/mol. The molecule has 1 aliphatic heterocycles. The molecule has 186 valence electrons. The zero-order valence-electron chi connectivity index (χ0n) is 20.5. The molecule has 35 heavy (non-hydrogen) atoms. The predicted molar refractivity (Wildman–Crippen MR) is 142 cm³/mol. The third-order valence-corrected chi connectivity index (χ3v) is 7.50. The first kappa shape index (κ1) is 25.6. The number of carboxylic acid groups (broad SMARTS) is 1. The topological polar surface area (TPSA) is 75.6 Å². The first-order chi connectivity index (χ1) is 16.9. The van der Waals surface area contributed by atoms with E-state index in [1.807, 2.05) is 32.0 Å². The molecule has 0 atom stereocenters. The van der Waals surface area contributed by atoms with E-state index >= 15 is 0 Å². The third kappa shape index (κ3) is 6.21. The molecule has 2 heterocycles. The number of aromatic nitrogens is 2. The fourth-order valence-corrected chi connectivity index (χ4v) is 5.64. The lowest BCUT2D eigenvalue weighted by molar-refractivity contribution is -0.137. The molecule has 4 rings (SSSR count). The lowest BCUT2D eigenvalue weighted by atomic mass is 9.84. The number of hydrogen-bond donors (Lipinski definition) is 1. The van der Waals surface area contributed by atoms with E-state index in [4.69, 9.17) is 30.8 Å². The molecule has 1 fully saturated rings. The van der Waals surface area contributed by atoms with Crippen LogP contribution in [0, 0.1) is 0 Å². The molecular weight excluding hydrogens is 482 g/mol. The Labute approximate surface area is 216 Å². The van der Waals surface area contributed by atoms with Crippen molar-refractivity contribution in [1.82, 2.24) is 14.3 Å². The molecule has 6 nitrogen and oxygen atoms in total. The number of carboxylic acids is 1. The quantitative estimate of drug-likeness (QED) is 0.350. The van der Waals surface area contributed by atoms with Crippen molar-refractivity contribution < 1.29 is 14.6 Å². The van der Waals surface area contributed by atoms with Crippen LogP contribution in [-0.2, 0) is 11.2 Å². The molecule has 0 aliphatic carbocycles. The van der Waals surface area contributed by atoms with Gasteiger partial charge in [-0.3, -0.25) is 4.79 Å². The van der Waals surface area contributed by atoms with Crippen LogP contribution in [0.15, 0.2) is 36.4 Å². The number of carbonyl (C=O) groups is 1. The highest BCUT2D eigenvalue weighted by Crippen LogP contribution is 2.37. The smallest absolute Gasteiger partial charge is 0.304 e. The van der Waals surface area contributed by atoms with E-state index in [9.17, 15) is 4.79 Å². The largest absolute Gasteiger partial charge is 0.489 e. The van der Waals surface area contributed by atoms with Gasteiger partial charge in [0.25, 0.3) is 0 Å². The summed E-state index contributed by atoms with van der Waals surface area (Å²) in [7, 11) is 0. The van der Waals surface area contributed by atoms with Crippen LogP contribution in [0.25, 0.3) is 22.0 Å². The first-order valence-corrected chi connectivity index (χ1v) is 13.4. The minimum atomic E-state index is -0.731. The predicted octanol–water partition coefficient (Wildman–Crippen LogP) is 6.53. The Morgan fingerprint density at radius 1 is 1.26 bits per heavy atom. The number of nitrogens with zero attached hydrogens (tertiary/aromatic N) is 3. The van der Waals surface area contributed by atoms with E-state index in [1.54, 1.807) is 0 Å². The second-order valence-electron chi connectivity index (χ2n) is 9.22. The third-order valence-electron chi connectivity index (χ3n) is 6.44. The maximum atomic E-state index is 10.9. The first-order valence-electron chi connectivity index (χ1n) is 12.2. The summed E-state index contributed by atoms with van der Waals surface area (Å²) >= 11 is 7.83. The molecule has 0 radical (unpaired) electrons. The fraction of sp³-hybridized carbons (Fsp3) is 0.444. The lowest BCUT2D eigenvalue weighted by Gasteiger charge is -2.33. The SMILES string of the molecule is CCc1c(-c2nsc(-c3ccc(OC(C)C)c(Cl)c3)n2)cccc1C1CCN(CCC(=O)O)CC1. The van der Waals surface area contributed by atoms with Crippen molar-refractivity contribution in [1.29, 1.82) is 0 Å². The summed E-state index contributed by atoms with van der Waals surface area (Å²) in [6.45, 7) is 8.63. The molecule has 1 saturated heterocycles. The normalized spacial score (nSPS) is 15.0. The van der Waals surface area contributed by atoms with Crippen LogP contribution in [0.3, 0.4) is 0 Å². The maximum absolute atomic E-state index is 10.9. The van der Waals surface area contributed by atoms with Crippen molar-refractivity contribution in [3.8, 4) is 27.7 Å². The van der Waals surface area contributed by atoms with E-state index in [-0.39, 0.29) is 12.5 Å². The van der Waals surface area contributed by atoms with Crippen LogP contribution in [0.5, 0.6) is 5.75 Å². The number of aliphatic carboxylic acids is 1.